The predicted octanol–water partition coefficient (Wildman–Crippen LogP) is 3.60. The number of nitrogens with zero attached hydrogens (tertiary/aromatic N) is 4. The Bertz CT molecular complexity index is 790. The number of piperidine rings is 1. The summed E-state index contributed by atoms with van der Waals surface area (Å²) in [6, 6.07) is 3.98. The summed E-state index contributed by atoms with van der Waals surface area (Å²) < 4.78 is 0. The molecular formula is C21H24N4O. The predicted molar refractivity (Wildman–Crippen MR) is 100 cm³/mol. The molecule has 5 nitrogen and oxygen atoms in total. The standard InChI is InChI=1S/C21H24N4O/c26-21(17-5-2-1-3-6-17)25-12-4-7-18(14-25)20-19(13-23-15-24-20)16-8-10-22-11-9-16/h1-2,8-11,13,15,17-18H,3-7,12,14H2. The first-order valence-electron chi connectivity index (χ1n) is 9.47. The van der Waals surface area contributed by atoms with E-state index in [4.69, 9.17) is 0 Å². The first-order valence-corrected chi connectivity index (χ1v) is 9.47. The van der Waals surface area contributed by atoms with E-state index in [0.29, 0.717) is 5.91 Å². The Labute approximate surface area is 154 Å². The van der Waals surface area contributed by atoms with Crippen molar-refractivity contribution in [1.82, 2.24) is 19.9 Å². The van der Waals surface area contributed by atoms with Gasteiger partial charge in [-0.05, 0) is 49.8 Å². The van der Waals surface area contributed by atoms with Crippen molar-refractivity contribution in [1.29, 1.82) is 0 Å². The Morgan fingerprint density at radius 1 is 1.12 bits per heavy atom. The third-order valence-electron chi connectivity index (χ3n) is 5.47. The van der Waals surface area contributed by atoms with Gasteiger partial charge in [0.25, 0.3) is 0 Å². The molecule has 1 aliphatic carbocycles. The highest BCUT2D eigenvalue weighted by molar-refractivity contribution is 5.79. The van der Waals surface area contributed by atoms with Crippen LogP contribution in [0.3, 0.4) is 0 Å². The molecule has 2 unspecified atom stereocenters. The maximum atomic E-state index is 12.9. The Morgan fingerprint density at radius 3 is 2.81 bits per heavy atom. The van der Waals surface area contributed by atoms with E-state index in [2.05, 4.69) is 32.0 Å². The molecule has 1 saturated heterocycles. The van der Waals surface area contributed by atoms with Gasteiger partial charge in [0.15, 0.2) is 0 Å². The highest BCUT2D eigenvalue weighted by Gasteiger charge is 2.31. The summed E-state index contributed by atoms with van der Waals surface area (Å²) in [5.41, 5.74) is 3.18. The summed E-state index contributed by atoms with van der Waals surface area (Å²) in [6.45, 7) is 1.62. The molecule has 2 aromatic heterocycles. The van der Waals surface area contributed by atoms with Crippen LogP contribution in [-0.2, 0) is 4.79 Å². The van der Waals surface area contributed by atoms with Crippen LogP contribution in [-0.4, -0.2) is 38.8 Å². The van der Waals surface area contributed by atoms with Crippen LogP contribution in [0.1, 0.15) is 43.7 Å². The number of carbonyl (C=O) groups is 1. The molecule has 0 spiro atoms. The number of likely N-dealkylation sites (tertiary alicyclic amines) is 1. The summed E-state index contributed by atoms with van der Waals surface area (Å²) in [5.74, 6) is 0.736. The quantitative estimate of drug-likeness (QED) is 0.795. The second-order valence-electron chi connectivity index (χ2n) is 7.16. The van der Waals surface area contributed by atoms with Gasteiger partial charge in [-0.3, -0.25) is 9.78 Å². The van der Waals surface area contributed by atoms with Crippen molar-refractivity contribution in [2.24, 2.45) is 5.92 Å². The Morgan fingerprint density at radius 2 is 2.00 bits per heavy atom. The molecule has 134 valence electrons. The zero-order valence-electron chi connectivity index (χ0n) is 14.9. The third-order valence-corrected chi connectivity index (χ3v) is 5.47. The van der Waals surface area contributed by atoms with Crippen LogP contribution in [0.15, 0.2) is 49.2 Å². The Kier molecular flexibility index (Phi) is 5.04. The molecule has 1 fully saturated rings. The molecule has 2 aromatic rings. The molecule has 3 heterocycles. The fourth-order valence-corrected chi connectivity index (χ4v) is 4.09. The Balaban J connectivity index is 1.55. The molecule has 2 aliphatic rings. The number of carbonyl (C=O) groups excluding carboxylic acids is 1. The van der Waals surface area contributed by atoms with Gasteiger partial charge in [0.2, 0.25) is 5.91 Å². The van der Waals surface area contributed by atoms with Gasteiger partial charge in [-0.1, -0.05) is 12.2 Å². The number of allylic oxidation sites excluding steroid dienone is 2. The number of amides is 1. The van der Waals surface area contributed by atoms with Gasteiger partial charge < -0.3 is 4.90 Å². The van der Waals surface area contributed by atoms with Gasteiger partial charge in [-0.2, -0.15) is 0 Å². The van der Waals surface area contributed by atoms with Gasteiger partial charge in [0.1, 0.15) is 6.33 Å². The van der Waals surface area contributed by atoms with Crippen molar-refractivity contribution < 1.29 is 4.79 Å². The zero-order chi connectivity index (χ0) is 17.8. The SMILES string of the molecule is O=C(C1CC=CCC1)N1CCCC(c2ncncc2-c2ccncc2)C1. The Hall–Kier alpha value is -2.56. The highest BCUT2D eigenvalue weighted by atomic mass is 16.2. The van der Waals surface area contributed by atoms with E-state index < -0.39 is 0 Å². The van der Waals surface area contributed by atoms with E-state index in [9.17, 15) is 4.79 Å². The first-order chi connectivity index (χ1) is 12.8. The second-order valence-corrected chi connectivity index (χ2v) is 7.16. The topological polar surface area (TPSA) is 59.0 Å². The maximum absolute atomic E-state index is 12.9. The maximum Gasteiger partial charge on any atom is 0.226 e. The lowest BCUT2D eigenvalue weighted by atomic mass is 9.88. The fraction of sp³-hybridized carbons (Fsp3) is 0.429. The van der Waals surface area contributed by atoms with Crippen LogP contribution in [0.4, 0.5) is 0 Å². The van der Waals surface area contributed by atoms with Crippen molar-refractivity contribution in [2.45, 2.75) is 38.0 Å². The number of rotatable bonds is 3. The molecule has 0 bridgehead atoms. The molecule has 1 aliphatic heterocycles. The number of hydrogen-bond acceptors (Lipinski definition) is 4. The summed E-state index contributed by atoms with van der Waals surface area (Å²) in [5, 5.41) is 0. The van der Waals surface area contributed by atoms with Crippen LogP contribution >= 0.6 is 0 Å². The molecule has 2 atom stereocenters. The molecule has 0 saturated carbocycles. The van der Waals surface area contributed by atoms with E-state index in [1.54, 1.807) is 18.7 Å². The zero-order valence-corrected chi connectivity index (χ0v) is 14.9. The molecule has 26 heavy (non-hydrogen) atoms. The molecule has 0 N–H and O–H groups in total. The van der Waals surface area contributed by atoms with E-state index in [1.165, 1.54) is 0 Å². The van der Waals surface area contributed by atoms with Crippen LogP contribution < -0.4 is 0 Å². The minimum absolute atomic E-state index is 0.156. The minimum Gasteiger partial charge on any atom is -0.342 e. The van der Waals surface area contributed by atoms with Crippen molar-refractivity contribution in [2.75, 3.05) is 13.1 Å². The van der Waals surface area contributed by atoms with E-state index in [-0.39, 0.29) is 11.8 Å². The number of pyridine rings is 1. The lowest BCUT2D eigenvalue weighted by Gasteiger charge is -2.35. The molecule has 0 aromatic carbocycles. The molecule has 1 amide bonds. The summed E-state index contributed by atoms with van der Waals surface area (Å²) in [7, 11) is 0. The van der Waals surface area contributed by atoms with Gasteiger partial charge in [0, 0.05) is 49.1 Å². The first kappa shape index (κ1) is 16.9. The van der Waals surface area contributed by atoms with Crippen LogP contribution in [0.2, 0.25) is 0 Å². The largest absolute Gasteiger partial charge is 0.342 e. The van der Waals surface area contributed by atoms with Crippen molar-refractivity contribution in [3.63, 3.8) is 0 Å². The van der Waals surface area contributed by atoms with Crippen molar-refractivity contribution in [3.05, 3.63) is 54.9 Å². The molecule has 0 radical (unpaired) electrons. The average Bonchev–Trinajstić information content (AvgIpc) is 2.74. The lowest BCUT2D eigenvalue weighted by Crippen LogP contribution is -2.42. The van der Waals surface area contributed by atoms with Crippen LogP contribution in [0.5, 0.6) is 0 Å². The average molecular weight is 348 g/mol. The van der Waals surface area contributed by atoms with Crippen molar-refractivity contribution in [3.8, 4) is 11.1 Å². The van der Waals surface area contributed by atoms with E-state index in [0.717, 1.165) is 62.0 Å². The second kappa shape index (κ2) is 7.77. The van der Waals surface area contributed by atoms with Gasteiger partial charge in [-0.15, -0.1) is 0 Å². The number of hydrogen-bond donors (Lipinski definition) is 0. The van der Waals surface area contributed by atoms with Crippen LogP contribution in [0, 0.1) is 5.92 Å². The highest BCUT2D eigenvalue weighted by Crippen LogP contribution is 2.33. The van der Waals surface area contributed by atoms with Gasteiger partial charge in [-0.25, -0.2) is 9.97 Å². The molecule has 4 rings (SSSR count). The third kappa shape index (κ3) is 3.52. The van der Waals surface area contributed by atoms with E-state index in [1.807, 2.05) is 18.3 Å². The molecular weight excluding hydrogens is 324 g/mol. The summed E-state index contributed by atoms with van der Waals surface area (Å²) in [4.78, 5) is 27.9. The number of aromatic nitrogens is 3. The minimum atomic E-state index is 0.156. The van der Waals surface area contributed by atoms with E-state index >= 15 is 0 Å². The normalized spacial score (nSPS) is 23.0. The smallest absolute Gasteiger partial charge is 0.226 e. The fourth-order valence-electron chi connectivity index (χ4n) is 4.09. The molecule has 5 heteroatoms. The summed E-state index contributed by atoms with van der Waals surface area (Å²) >= 11 is 0. The summed E-state index contributed by atoms with van der Waals surface area (Å²) in [6.07, 6.45) is 16.4. The van der Waals surface area contributed by atoms with Crippen LogP contribution in [0.25, 0.3) is 11.1 Å². The van der Waals surface area contributed by atoms with Crippen molar-refractivity contribution >= 4 is 5.91 Å². The monoisotopic (exact) mass is 348 g/mol. The lowest BCUT2D eigenvalue weighted by molar-refractivity contribution is -0.137. The van der Waals surface area contributed by atoms with Gasteiger partial charge in [0.05, 0.1) is 5.69 Å². The van der Waals surface area contributed by atoms with Gasteiger partial charge >= 0.3 is 0 Å².